The van der Waals surface area contributed by atoms with Crippen molar-refractivity contribution in [3.63, 3.8) is 0 Å². The number of nitrogens with zero attached hydrogens (tertiary/aromatic N) is 2. The SMILES string of the molecule is CCNC(=NCc1ccc(C)cc1OC(C)CC)NCC1CCCN(C)C1.I. The number of piperidine rings is 1. The summed E-state index contributed by atoms with van der Waals surface area (Å²) in [5, 5.41) is 6.91. The van der Waals surface area contributed by atoms with Gasteiger partial charge in [0.15, 0.2) is 5.96 Å². The summed E-state index contributed by atoms with van der Waals surface area (Å²) >= 11 is 0. The monoisotopic (exact) mass is 502 g/mol. The molecule has 0 bridgehead atoms. The normalized spacial score (nSPS) is 18.9. The fourth-order valence-electron chi connectivity index (χ4n) is 3.39. The van der Waals surface area contributed by atoms with Crippen LogP contribution in [0, 0.1) is 12.8 Å². The molecule has 2 rings (SSSR count). The largest absolute Gasteiger partial charge is 0.490 e. The van der Waals surface area contributed by atoms with Gasteiger partial charge in [-0.3, -0.25) is 0 Å². The molecule has 28 heavy (non-hydrogen) atoms. The Kier molecular flexibility index (Phi) is 11.8. The van der Waals surface area contributed by atoms with Gasteiger partial charge in [-0.05, 0) is 71.2 Å². The van der Waals surface area contributed by atoms with Crippen molar-refractivity contribution in [3.05, 3.63) is 29.3 Å². The number of hydrogen-bond acceptors (Lipinski definition) is 3. The molecule has 1 fully saturated rings. The minimum Gasteiger partial charge on any atom is -0.490 e. The second kappa shape index (κ2) is 13.2. The van der Waals surface area contributed by atoms with Gasteiger partial charge in [-0.15, -0.1) is 24.0 Å². The number of nitrogens with one attached hydrogen (secondary N) is 2. The highest BCUT2D eigenvalue weighted by Crippen LogP contribution is 2.23. The summed E-state index contributed by atoms with van der Waals surface area (Å²) in [5.74, 6) is 2.54. The Hall–Kier alpha value is -1.02. The standard InChI is InChI=1S/C22H38N4O.HI/c1-6-18(4)27-21-13-17(3)10-11-20(21)15-25-22(23-7-2)24-14-19-9-8-12-26(5)16-19;/h10-11,13,18-19H,6-9,12,14-16H2,1-5H3,(H2,23,24,25);1H. The van der Waals surface area contributed by atoms with Gasteiger partial charge in [-0.25, -0.2) is 4.99 Å². The summed E-state index contributed by atoms with van der Waals surface area (Å²) in [5.41, 5.74) is 2.35. The van der Waals surface area contributed by atoms with E-state index in [1.165, 1.54) is 24.9 Å². The molecule has 6 heteroatoms. The van der Waals surface area contributed by atoms with E-state index < -0.39 is 0 Å². The molecule has 0 amide bonds. The molecule has 0 radical (unpaired) electrons. The first kappa shape index (κ1) is 25.0. The van der Waals surface area contributed by atoms with Crippen molar-refractivity contribution in [2.45, 2.75) is 59.6 Å². The molecule has 1 aliphatic rings. The van der Waals surface area contributed by atoms with Crippen LogP contribution in [0.25, 0.3) is 0 Å². The number of rotatable bonds is 8. The fraction of sp³-hybridized carbons (Fsp3) is 0.682. The van der Waals surface area contributed by atoms with E-state index in [0.717, 1.165) is 43.3 Å². The van der Waals surface area contributed by atoms with Gasteiger partial charge < -0.3 is 20.3 Å². The number of aryl methyl sites for hydroxylation is 1. The molecule has 1 saturated heterocycles. The smallest absolute Gasteiger partial charge is 0.191 e. The molecule has 1 aliphatic heterocycles. The number of ether oxygens (including phenoxy) is 1. The van der Waals surface area contributed by atoms with Crippen LogP contribution in [0.5, 0.6) is 5.75 Å². The second-order valence-corrected chi connectivity index (χ2v) is 7.79. The molecule has 1 aromatic carbocycles. The van der Waals surface area contributed by atoms with E-state index in [2.05, 4.69) is 68.5 Å². The highest BCUT2D eigenvalue weighted by atomic mass is 127. The fourth-order valence-corrected chi connectivity index (χ4v) is 3.39. The highest BCUT2D eigenvalue weighted by Gasteiger charge is 2.17. The second-order valence-electron chi connectivity index (χ2n) is 7.79. The minimum absolute atomic E-state index is 0. The van der Waals surface area contributed by atoms with E-state index in [0.29, 0.717) is 12.5 Å². The molecule has 1 heterocycles. The lowest BCUT2D eigenvalue weighted by molar-refractivity contribution is 0.210. The first-order valence-electron chi connectivity index (χ1n) is 10.5. The predicted octanol–water partition coefficient (Wildman–Crippen LogP) is 4.19. The molecule has 2 unspecified atom stereocenters. The van der Waals surface area contributed by atoms with E-state index in [-0.39, 0.29) is 30.1 Å². The van der Waals surface area contributed by atoms with E-state index in [1.807, 2.05) is 0 Å². The third-order valence-electron chi connectivity index (χ3n) is 5.16. The van der Waals surface area contributed by atoms with Crippen LogP contribution in [-0.4, -0.2) is 50.2 Å². The molecule has 0 saturated carbocycles. The van der Waals surface area contributed by atoms with Gasteiger partial charge in [0.2, 0.25) is 0 Å². The Bertz CT molecular complexity index is 608. The van der Waals surface area contributed by atoms with Crippen LogP contribution in [0.4, 0.5) is 0 Å². The predicted molar refractivity (Wildman–Crippen MR) is 130 cm³/mol. The Morgan fingerprint density at radius 1 is 1.32 bits per heavy atom. The zero-order valence-electron chi connectivity index (χ0n) is 18.3. The summed E-state index contributed by atoms with van der Waals surface area (Å²) in [6, 6.07) is 6.39. The van der Waals surface area contributed by atoms with Gasteiger partial charge in [0.1, 0.15) is 5.75 Å². The molecule has 0 aliphatic carbocycles. The average molecular weight is 502 g/mol. The quantitative estimate of drug-likeness (QED) is 0.318. The molecule has 2 atom stereocenters. The van der Waals surface area contributed by atoms with Crippen LogP contribution < -0.4 is 15.4 Å². The summed E-state index contributed by atoms with van der Waals surface area (Å²) in [4.78, 5) is 7.23. The Morgan fingerprint density at radius 2 is 2.11 bits per heavy atom. The minimum atomic E-state index is 0. The molecular weight excluding hydrogens is 463 g/mol. The number of benzene rings is 1. The Labute approximate surface area is 188 Å². The first-order valence-corrected chi connectivity index (χ1v) is 10.5. The maximum atomic E-state index is 6.12. The van der Waals surface area contributed by atoms with Gasteiger partial charge in [-0.2, -0.15) is 0 Å². The van der Waals surface area contributed by atoms with Crippen molar-refractivity contribution in [1.82, 2.24) is 15.5 Å². The number of hydrogen-bond donors (Lipinski definition) is 2. The summed E-state index contributed by atoms with van der Waals surface area (Å²) < 4.78 is 6.12. The number of likely N-dealkylation sites (tertiary alicyclic amines) is 1. The first-order chi connectivity index (χ1) is 13.0. The van der Waals surface area contributed by atoms with Gasteiger partial charge >= 0.3 is 0 Å². The third kappa shape index (κ3) is 8.55. The molecule has 0 spiro atoms. The van der Waals surface area contributed by atoms with Gasteiger partial charge in [0.05, 0.1) is 12.6 Å². The molecule has 160 valence electrons. The Morgan fingerprint density at radius 3 is 2.79 bits per heavy atom. The molecule has 2 N–H and O–H groups in total. The lowest BCUT2D eigenvalue weighted by Gasteiger charge is -2.30. The summed E-state index contributed by atoms with van der Waals surface area (Å²) in [6.45, 7) is 13.3. The lowest BCUT2D eigenvalue weighted by Crippen LogP contribution is -2.43. The van der Waals surface area contributed by atoms with Gasteiger partial charge in [-0.1, -0.05) is 19.1 Å². The van der Waals surface area contributed by atoms with Crippen LogP contribution in [-0.2, 0) is 6.54 Å². The molecule has 1 aromatic rings. The lowest BCUT2D eigenvalue weighted by atomic mass is 9.99. The number of halogens is 1. The summed E-state index contributed by atoms with van der Waals surface area (Å²) in [6.07, 6.45) is 3.79. The maximum absolute atomic E-state index is 6.12. The maximum Gasteiger partial charge on any atom is 0.191 e. The van der Waals surface area contributed by atoms with Gasteiger partial charge in [0.25, 0.3) is 0 Å². The average Bonchev–Trinajstić information content (AvgIpc) is 2.65. The van der Waals surface area contributed by atoms with E-state index in [4.69, 9.17) is 9.73 Å². The van der Waals surface area contributed by atoms with Crippen LogP contribution in [0.1, 0.15) is 51.2 Å². The van der Waals surface area contributed by atoms with Crippen LogP contribution in [0.3, 0.4) is 0 Å². The van der Waals surface area contributed by atoms with E-state index in [1.54, 1.807) is 0 Å². The van der Waals surface area contributed by atoms with Crippen LogP contribution >= 0.6 is 24.0 Å². The third-order valence-corrected chi connectivity index (χ3v) is 5.16. The highest BCUT2D eigenvalue weighted by molar-refractivity contribution is 14.0. The van der Waals surface area contributed by atoms with E-state index in [9.17, 15) is 0 Å². The van der Waals surface area contributed by atoms with Crippen LogP contribution in [0.2, 0.25) is 0 Å². The topological polar surface area (TPSA) is 48.9 Å². The zero-order valence-corrected chi connectivity index (χ0v) is 20.6. The van der Waals surface area contributed by atoms with Crippen LogP contribution in [0.15, 0.2) is 23.2 Å². The van der Waals surface area contributed by atoms with Crippen molar-refractivity contribution in [1.29, 1.82) is 0 Å². The van der Waals surface area contributed by atoms with Crippen molar-refractivity contribution < 1.29 is 4.74 Å². The summed E-state index contributed by atoms with van der Waals surface area (Å²) in [7, 11) is 2.21. The van der Waals surface area contributed by atoms with Crippen molar-refractivity contribution in [3.8, 4) is 5.75 Å². The number of aliphatic imine (C=N–C) groups is 1. The van der Waals surface area contributed by atoms with Crippen molar-refractivity contribution in [2.75, 3.05) is 33.2 Å². The molecular formula is C22H39IN4O. The Balaban J connectivity index is 0.00000392. The van der Waals surface area contributed by atoms with E-state index >= 15 is 0 Å². The van der Waals surface area contributed by atoms with Crippen molar-refractivity contribution in [2.24, 2.45) is 10.9 Å². The van der Waals surface area contributed by atoms with Crippen molar-refractivity contribution >= 4 is 29.9 Å². The number of guanidine groups is 1. The zero-order chi connectivity index (χ0) is 19.6. The molecule has 0 aromatic heterocycles. The van der Waals surface area contributed by atoms with Gasteiger partial charge in [0, 0.05) is 25.2 Å². The molecule has 5 nitrogen and oxygen atoms in total.